The smallest absolute Gasteiger partial charge is 0.234 e. The molecule has 0 bridgehead atoms. The summed E-state index contributed by atoms with van der Waals surface area (Å²) >= 11 is 1.58. The summed E-state index contributed by atoms with van der Waals surface area (Å²) in [6, 6.07) is 0.609. The van der Waals surface area contributed by atoms with Crippen LogP contribution < -0.4 is 5.32 Å². The molecule has 1 saturated carbocycles. The number of carbonyl (C=O) groups is 1. The lowest BCUT2D eigenvalue weighted by molar-refractivity contribution is -0.123. The Balaban J connectivity index is 2.24. The van der Waals surface area contributed by atoms with Crippen LogP contribution in [0.1, 0.15) is 26.7 Å². The molecule has 0 aromatic carbocycles. The van der Waals surface area contributed by atoms with Crippen LogP contribution in [0.15, 0.2) is 0 Å². The zero-order valence-electron chi connectivity index (χ0n) is 11.0. The van der Waals surface area contributed by atoms with E-state index in [1.54, 1.807) is 18.7 Å². The second-order valence-electron chi connectivity index (χ2n) is 5.00. The highest BCUT2D eigenvalue weighted by atomic mass is 32.2. The van der Waals surface area contributed by atoms with Gasteiger partial charge in [0.25, 0.3) is 0 Å². The summed E-state index contributed by atoms with van der Waals surface area (Å²) in [7, 11) is 0. The fourth-order valence-electron chi connectivity index (χ4n) is 1.83. The van der Waals surface area contributed by atoms with Gasteiger partial charge in [-0.05, 0) is 32.6 Å². The minimum absolute atomic E-state index is 0.0140. The number of amides is 1. The Kier molecular flexibility index (Phi) is 5.76. The molecule has 1 atom stereocenters. The second-order valence-corrected chi connectivity index (χ2v) is 5.87. The Labute approximate surface area is 108 Å². The normalized spacial score (nSPS) is 19.1. The van der Waals surface area contributed by atoms with Gasteiger partial charge in [-0.25, -0.2) is 0 Å². The van der Waals surface area contributed by atoms with Gasteiger partial charge in [0.1, 0.15) is 0 Å². The van der Waals surface area contributed by atoms with Gasteiger partial charge in [0, 0.05) is 18.3 Å². The van der Waals surface area contributed by atoms with Crippen LogP contribution in [0.3, 0.4) is 0 Å². The van der Waals surface area contributed by atoms with E-state index in [4.69, 9.17) is 0 Å². The number of rotatable bonds is 8. The Morgan fingerprint density at radius 3 is 2.71 bits per heavy atom. The maximum atomic E-state index is 11.7. The average Bonchev–Trinajstić information content (AvgIpc) is 3.07. The molecule has 5 heteroatoms. The van der Waals surface area contributed by atoms with Gasteiger partial charge in [-0.15, -0.1) is 0 Å². The van der Waals surface area contributed by atoms with Crippen molar-refractivity contribution in [3.63, 3.8) is 0 Å². The number of nitrogens with one attached hydrogen (secondary N) is 1. The summed E-state index contributed by atoms with van der Waals surface area (Å²) < 4.78 is 0. The maximum absolute atomic E-state index is 11.7. The first-order valence-electron chi connectivity index (χ1n) is 6.20. The van der Waals surface area contributed by atoms with Crippen LogP contribution in [0.5, 0.6) is 0 Å². The molecule has 0 heterocycles. The average molecular weight is 260 g/mol. The van der Waals surface area contributed by atoms with Crippen molar-refractivity contribution >= 4 is 17.7 Å². The molecule has 0 aliphatic heterocycles. The van der Waals surface area contributed by atoms with Crippen molar-refractivity contribution in [3.05, 3.63) is 0 Å². The summed E-state index contributed by atoms with van der Waals surface area (Å²) in [6.07, 6.45) is 4.37. The third-order valence-electron chi connectivity index (χ3n) is 2.94. The number of thioether (sulfide) groups is 1. The van der Waals surface area contributed by atoms with Gasteiger partial charge in [-0.2, -0.15) is 11.8 Å². The summed E-state index contributed by atoms with van der Waals surface area (Å²) in [4.78, 5) is 13.9. The minimum atomic E-state index is -0.814. The third-order valence-corrected chi connectivity index (χ3v) is 3.85. The molecule has 100 valence electrons. The predicted octanol–water partition coefficient (Wildman–Crippen LogP) is 0.701. The van der Waals surface area contributed by atoms with Crippen molar-refractivity contribution in [3.8, 4) is 0 Å². The Morgan fingerprint density at radius 1 is 1.59 bits per heavy atom. The largest absolute Gasteiger partial charge is 0.387 e. The van der Waals surface area contributed by atoms with Gasteiger partial charge in [-0.1, -0.05) is 6.92 Å². The number of likely N-dealkylation sites (N-methyl/N-ethyl adjacent to an activating group) is 1. The van der Waals surface area contributed by atoms with E-state index < -0.39 is 5.60 Å². The van der Waals surface area contributed by atoms with E-state index in [2.05, 4.69) is 17.1 Å². The van der Waals surface area contributed by atoms with Crippen LogP contribution in [0, 0.1) is 0 Å². The first kappa shape index (κ1) is 14.8. The number of hydrogen-bond acceptors (Lipinski definition) is 4. The molecule has 1 rings (SSSR count). The van der Waals surface area contributed by atoms with Crippen molar-refractivity contribution in [2.75, 3.05) is 31.6 Å². The Hall–Kier alpha value is -0.260. The molecule has 0 aromatic heterocycles. The summed E-state index contributed by atoms with van der Waals surface area (Å²) in [5, 5.41) is 12.7. The zero-order valence-corrected chi connectivity index (χ0v) is 11.8. The van der Waals surface area contributed by atoms with E-state index in [-0.39, 0.29) is 5.91 Å². The van der Waals surface area contributed by atoms with E-state index >= 15 is 0 Å². The first-order chi connectivity index (χ1) is 7.98. The van der Waals surface area contributed by atoms with Crippen LogP contribution in [-0.4, -0.2) is 59.2 Å². The fourth-order valence-corrected chi connectivity index (χ4v) is 2.55. The van der Waals surface area contributed by atoms with E-state index in [0.29, 0.717) is 24.9 Å². The van der Waals surface area contributed by atoms with Crippen molar-refractivity contribution < 1.29 is 9.90 Å². The SMILES string of the molecule is CCN(CC(=O)NCC(C)(O)CSC)C1CC1. The molecule has 2 N–H and O–H groups in total. The number of aliphatic hydroxyl groups is 1. The van der Waals surface area contributed by atoms with Crippen LogP contribution in [0.4, 0.5) is 0 Å². The summed E-state index contributed by atoms with van der Waals surface area (Å²) in [5.74, 6) is 0.646. The van der Waals surface area contributed by atoms with Crippen LogP contribution >= 0.6 is 11.8 Å². The molecule has 0 saturated heterocycles. The summed E-state index contributed by atoms with van der Waals surface area (Å²) in [6.45, 7) is 5.53. The Bertz CT molecular complexity index is 255. The topological polar surface area (TPSA) is 52.6 Å². The van der Waals surface area contributed by atoms with Gasteiger partial charge in [-0.3, -0.25) is 9.69 Å². The van der Waals surface area contributed by atoms with Crippen LogP contribution in [-0.2, 0) is 4.79 Å². The van der Waals surface area contributed by atoms with Crippen molar-refractivity contribution in [2.45, 2.75) is 38.3 Å². The highest BCUT2D eigenvalue weighted by Crippen LogP contribution is 2.25. The van der Waals surface area contributed by atoms with Gasteiger partial charge in [0.05, 0.1) is 12.1 Å². The lowest BCUT2D eigenvalue weighted by Gasteiger charge is -2.24. The molecule has 1 aliphatic carbocycles. The fraction of sp³-hybridized carbons (Fsp3) is 0.917. The Morgan fingerprint density at radius 2 is 2.24 bits per heavy atom. The molecule has 0 aromatic rings. The molecule has 0 radical (unpaired) electrons. The third kappa shape index (κ3) is 5.75. The van der Waals surface area contributed by atoms with Gasteiger partial charge >= 0.3 is 0 Å². The molecular weight excluding hydrogens is 236 g/mol. The van der Waals surface area contributed by atoms with Gasteiger partial charge < -0.3 is 10.4 Å². The molecule has 1 unspecified atom stereocenters. The molecule has 17 heavy (non-hydrogen) atoms. The maximum Gasteiger partial charge on any atom is 0.234 e. The molecule has 1 fully saturated rings. The van der Waals surface area contributed by atoms with E-state index in [1.165, 1.54) is 12.8 Å². The molecule has 4 nitrogen and oxygen atoms in total. The predicted molar refractivity (Wildman–Crippen MR) is 72.3 cm³/mol. The lowest BCUT2D eigenvalue weighted by atomic mass is 10.1. The zero-order chi connectivity index (χ0) is 12.9. The summed E-state index contributed by atoms with van der Waals surface area (Å²) in [5.41, 5.74) is -0.814. The molecule has 1 aliphatic rings. The lowest BCUT2D eigenvalue weighted by Crippen LogP contribution is -2.46. The highest BCUT2D eigenvalue weighted by Gasteiger charge is 2.29. The highest BCUT2D eigenvalue weighted by molar-refractivity contribution is 7.98. The van der Waals surface area contributed by atoms with Gasteiger partial charge in [0.15, 0.2) is 0 Å². The number of hydrogen-bond donors (Lipinski definition) is 2. The second kappa shape index (κ2) is 6.61. The van der Waals surface area contributed by atoms with Crippen molar-refractivity contribution in [2.24, 2.45) is 0 Å². The number of nitrogens with zero attached hydrogens (tertiary/aromatic N) is 1. The minimum Gasteiger partial charge on any atom is -0.387 e. The van der Waals surface area contributed by atoms with Gasteiger partial charge in [0.2, 0.25) is 5.91 Å². The molecule has 0 spiro atoms. The quantitative estimate of drug-likeness (QED) is 0.674. The monoisotopic (exact) mass is 260 g/mol. The molecule has 1 amide bonds. The molecular formula is C12H24N2O2S. The number of carbonyl (C=O) groups excluding carboxylic acids is 1. The van der Waals surface area contributed by atoms with E-state index in [1.807, 2.05) is 6.26 Å². The standard InChI is InChI=1S/C12H24N2O2S/c1-4-14(10-5-6-10)7-11(15)13-8-12(2,16)9-17-3/h10,16H,4-9H2,1-3H3,(H,13,15). The first-order valence-corrected chi connectivity index (χ1v) is 7.60. The van der Waals surface area contributed by atoms with E-state index in [0.717, 1.165) is 6.54 Å². The van der Waals surface area contributed by atoms with Crippen LogP contribution in [0.25, 0.3) is 0 Å². The van der Waals surface area contributed by atoms with Crippen molar-refractivity contribution in [1.29, 1.82) is 0 Å². The van der Waals surface area contributed by atoms with Crippen LogP contribution in [0.2, 0.25) is 0 Å². The van der Waals surface area contributed by atoms with E-state index in [9.17, 15) is 9.90 Å². The van der Waals surface area contributed by atoms with Crippen molar-refractivity contribution in [1.82, 2.24) is 10.2 Å².